The summed E-state index contributed by atoms with van der Waals surface area (Å²) in [6.07, 6.45) is 3.35. The van der Waals surface area contributed by atoms with Gasteiger partial charge >= 0.3 is 0 Å². The zero-order chi connectivity index (χ0) is 25.8. The van der Waals surface area contributed by atoms with E-state index in [0.29, 0.717) is 55.1 Å². The van der Waals surface area contributed by atoms with Crippen LogP contribution in [-0.4, -0.2) is 65.7 Å². The molecule has 6 rings (SSSR count). The van der Waals surface area contributed by atoms with Crippen molar-refractivity contribution in [2.45, 2.75) is 51.1 Å². The molecule has 3 amide bonds. The quantitative estimate of drug-likeness (QED) is 0.507. The molecule has 2 saturated heterocycles. The normalized spacial score (nSPS) is 30.5. The molecule has 9 nitrogen and oxygen atoms in total. The highest BCUT2D eigenvalue weighted by atomic mass is 16.5. The fraction of sp³-hybridized carbons (Fsp3) is 0.571. The van der Waals surface area contributed by atoms with Crippen LogP contribution < -0.4 is 15.4 Å². The molecule has 2 saturated carbocycles. The fourth-order valence-corrected chi connectivity index (χ4v) is 7.16. The number of hydrogen-bond acceptors (Lipinski definition) is 5. The van der Waals surface area contributed by atoms with Crippen LogP contribution in [0.5, 0.6) is 5.75 Å². The molecule has 37 heavy (non-hydrogen) atoms. The van der Waals surface area contributed by atoms with Crippen LogP contribution in [0.2, 0.25) is 0 Å². The molecule has 0 spiro atoms. The van der Waals surface area contributed by atoms with Gasteiger partial charge in [0.1, 0.15) is 17.5 Å². The Morgan fingerprint density at radius 2 is 2.00 bits per heavy atom. The molecule has 4 aliphatic rings. The molecule has 0 bridgehead atoms. The Morgan fingerprint density at radius 3 is 2.73 bits per heavy atom. The molecule has 1 aromatic heterocycles. The number of rotatable bonds is 8. The van der Waals surface area contributed by atoms with Crippen molar-refractivity contribution < 1.29 is 23.9 Å². The number of likely N-dealkylation sites (tertiary alicyclic amines) is 1. The van der Waals surface area contributed by atoms with Crippen LogP contribution >= 0.6 is 0 Å². The lowest BCUT2D eigenvalue weighted by molar-refractivity contribution is -0.132. The Balaban J connectivity index is 1.27. The van der Waals surface area contributed by atoms with E-state index in [1.54, 1.807) is 25.0 Å². The second-order valence-electron chi connectivity index (χ2n) is 11.1. The number of Topliss-reactive ketones (excluding diaryl/α,β-unsaturated/α-hetero) is 1. The molecule has 2 aliphatic carbocycles. The summed E-state index contributed by atoms with van der Waals surface area (Å²) in [5, 5.41) is 6.62. The van der Waals surface area contributed by atoms with Gasteiger partial charge in [0.05, 0.1) is 13.2 Å². The van der Waals surface area contributed by atoms with E-state index >= 15 is 0 Å². The van der Waals surface area contributed by atoms with Crippen LogP contribution in [0.1, 0.15) is 49.5 Å². The molecular formula is C28H34N4O5. The second-order valence-corrected chi connectivity index (χ2v) is 11.1. The van der Waals surface area contributed by atoms with Crippen molar-refractivity contribution in [1.29, 1.82) is 0 Å². The zero-order valence-electron chi connectivity index (χ0n) is 21.3. The van der Waals surface area contributed by atoms with E-state index in [9.17, 15) is 19.2 Å². The van der Waals surface area contributed by atoms with Gasteiger partial charge in [-0.25, -0.2) is 0 Å². The van der Waals surface area contributed by atoms with Gasteiger partial charge in [-0.3, -0.25) is 19.2 Å². The van der Waals surface area contributed by atoms with Gasteiger partial charge in [-0.2, -0.15) is 0 Å². The first-order valence-corrected chi connectivity index (χ1v) is 13.5. The van der Waals surface area contributed by atoms with Gasteiger partial charge < -0.3 is 25.3 Å². The number of ether oxygens (including phenoxy) is 1. The summed E-state index contributed by atoms with van der Waals surface area (Å²) in [6, 6.07) is 6.06. The van der Waals surface area contributed by atoms with Gasteiger partial charge in [-0.1, -0.05) is 13.0 Å². The predicted molar refractivity (Wildman–Crippen MR) is 136 cm³/mol. The lowest BCUT2D eigenvalue weighted by Gasteiger charge is -2.29. The number of ketones is 1. The molecule has 1 aromatic carbocycles. The van der Waals surface area contributed by atoms with Crippen molar-refractivity contribution in [1.82, 2.24) is 20.5 Å². The first-order valence-electron chi connectivity index (χ1n) is 13.5. The second kappa shape index (κ2) is 9.19. The maximum absolute atomic E-state index is 13.8. The molecule has 3 heterocycles. The van der Waals surface area contributed by atoms with Gasteiger partial charge in [-0.05, 0) is 67.6 Å². The molecule has 2 aliphatic heterocycles. The van der Waals surface area contributed by atoms with Crippen molar-refractivity contribution in [3.05, 3.63) is 30.0 Å². The topological polar surface area (TPSA) is 121 Å². The Bertz CT molecular complexity index is 1270. The molecule has 0 radical (unpaired) electrons. The van der Waals surface area contributed by atoms with E-state index < -0.39 is 12.1 Å². The monoisotopic (exact) mass is 506 g/mol. The maximum atomic E-state index is 13.8. The molecule has 196 valence electrons. The first kappa shape index (κ1) is 24.0. The number of hydrogen-bond donors (Lipinski definition) is 3. The Morgan fingerprint density at radius 1 is 1.19 bits per heavy atom. The number of aromatic amines is 1. The number of nitrogens with one attached hydrogen (secondary N) is 3. The molecule has 7 atom stereocenters. The standard InChI is InChI=1S/C28H34N4O5/c1-3-23(33)21(11-14-7-8-29-26(14)34)31-27(35)25-17-10-15-9-16(15)19(17)13-32(25)28(36)22-12-18-20(30-22)5-4-6-24(18)37-2/h4-6,12,14-17,19,21,25,30H,3,7-11,13H2,1-2H3,(H,29,34)(H,31,35)/t14-,15-,16-,17-,19+,21-,25-/m0/s1. The number of carbonyl (C=O) groups excluding carboxylic acids is 4. The highest BCUT2D eigenvalue weighted by Gasteiger charge is 2.62. The largest absolute Gasteiger partial charge is 0.496 e. The maximum Gasteiger partial charge on any atom is 0.271 e. The van der Waals surface area contributed by atoms with E-state index in [1.165, 1.54) is 6.42 Å². The van der Waals surface area contributed by atoms with Crippen molar-refractivity contribution in [3.8, 4) is 5.75 Å². The smallest absolute Gasteiger partial charge is 0.271 e. The average molecular weight is 507 g/mol. The summed E-state index contributed by atoms with van der Waals surface area (Å²) < 4.78 is 5.46. The van der Waals surface area contributed by atoms with Crippen molar-refractivity contribution in [2.75, 3.05) is 20.2 Å². The van der Waals surface area contributed by atoms with Crippen LogP contribution in [0, 0.1) is 29.6 Å². The molecule has 0 unspecified atom stereocenters. The summed E-state index contributed by atoms with van der Waals surface area (Å²) >= 11 is 0. The minimum absolute atomic E-state index is 0.0639. The number of benzene rings is 1. The Hall–Kier alpha value is -3.36. The Kier molecular flexibility index (Phi) is 5.96. The van der Waals surface area contributed by atoms with Crippen LogP contribution in [0.15, 0.2) is 24.3 Å². The van der Waals surface area contributed by atoms with E-state index in [4.69, 9.17) is 4.74 Å². The van der Waals surface area contributed by atoms with Crippen molar-refractivity contribution >= 4 is 34.4 Å². The summed E-state index contributed by atoms with van der Waals surface area (Å²) in [4.78, 5) is 57.6. The average Bonchev–Trinajstić information content (AvgIpc) is 3.25. The number of fused-ring (bicyclic) bond motifs is 4. The van der Waals surface area contributed by atoms with Crippen LogP contribution in [0.3, 0.4) is 0 Å². The lowest BCUT2D eigenvalue weighted by Crippen LogP contribution is -2.53. The zero-order valence-corrected chi connectivity index (χ0v) is 21.3. The molecule has 3 N–H and O–H groups in total. The van der Waals surface area contributed by atoms with Gasteiger partial charge in [0.25, 0.3) is 5.91 Å². The molecule has 2 aromatic rings. The van der Waals surface area contributed by atoms with Gasteiger partial charge in [0.15, 0.2) is 5.78 Å². The minimum Gasteiger partial charge on any atom is -0.496 e. The third-order valence-corrected chi connectivity index (χ3v) is 9.14. The summed E-state index contributed by atoms with van der Waals surface area (Å²) in [7, 11) is 1.60. The van der Waals surface area contributed by atoms with Crippen molar-refractivity contribution in [3.63, 3.8) is 0 Å². The number of aromatic nitrogens is 1. The van der Waals surface area contributed by atoms with Crippen LogP contribution in [0.4, 0.5) is 0 Å². The van der Waals surface area contributed by atoms with Crippen molar-refractivity contribution in [2.24, 2.45) is 29.6 Å². The summed E-state index contributed by atoms with van der Waals surface area (Å²) in [5.74, 6) is 1.39. The fourth-order valence-electron chi connectivity index (χ4n) is 7.16. The predicted octanol–water partition coefficient (Wildman–Crippen LogP) is 2.26. The number of nitrogens with zero attached hydrogens (tertiary/aromatic N) is 1. The third-order valence-electron chi connectivity index (χ3n) is 9.14. The van der Waals surface area contributed by atoms with E-state index in [-0.39, 0.29) is 41.8 Å². The number of amides is 3. The van der Waals surface area contributed by atoms with Gasteiger partial charge in [0.2, 0.25) is 11.8 Å². The molecule has 4 fully saturated rings. The SMILES string of the molecule is CCC(=O)[C@H](C[C@@H]1CCNC1=O)NC(=O)[C@@H]1[C@H]2C[C@@H]3C[C@@H]3[C@H]2CN1C(=O)c1cc2c(OC)cccc2[nH]1. The lowest BCUT2D eigenvalue weighted by atomic mass is 9.88. The van der Waals surface area contributed by atoms with Gasteiger partial charge in [0, 0.05) is 36.3 Å². The van der Waals surface area contributed by atoms with E-state index in [0.717, 1.165) is 17.3 Å². The Labute approximate surface area is 215 Å². The van der Waals surface area contributed by atoms with E-state index in [1.807, 2.05) is 18.2 Å². The van der Waals surface area contributed by atoms with Crippen LogP contribution in [-0.2, 0) is 14.4 Å². The molecular weight excluding hydrogens is 472 g/mol. The summed E-state index contributed by atoms with van der Waals surface area (Å²) in [6.45, 7) is 2.91. The third kappa shape index (κ3) is 4.08. The van der Waals surface area contributed by atoms with E-state index in [2.05, 4.69) is 15.6 Å². The minimum atomic E-state index is -0.726. The number of H-pyrrole nitrogens is 1. The highest BCUT2D eigenvalue weighted by molar-refractivity contribution is 6.02. The number of methoxy groups -OCH3 is 1. The first-order chi connectivity index (χ1) is 17.9. The number of carbonyl (C=O) groups is 4. The van der Waals surface area contributed by atoms with Crippen LogP contribution in [0.25, 0.3) is 10.9 Å². The molecule has 9 heteroatoms. The summed E-state index contributed by atoms with van der Waals surface area (Å²) in [5.41, 5.74) is 1.22. The highest BCUT2D eigenvalue weighted by Crippen LogP contribution is 2.62. The van der Waals surface area contributed by atoms with Gasteiger partial charge in [-0.15, -0.1) is 0 Å².